The third kappa shape index (κ3) is 2.31. The molecule has 0 aromatic heterocycles. The van der Waals surface area contributed by atoms with Gasteiger partial charge in [-0.2, -0.15) is 0 Å². The van der Waals surface area contributed by atoms with Crippen molar-refractivity contribution in [1.82, 2.24) is 0 Å². The number of hydrogen-bond acceptors (Lipinski definition) is 3. The number of hydrogen-bond donors (Lipinski definition) is 1. The van der Waals surface area contributed by atoms with Crippen LogP contribution in [0.3, 0.4) is 0 Å². The largest absolute Gasteiger partial charge is 0.374 e. The molecule has 0 heterocycles. The molecule has 0 saturated heterocycles. The van der Waals surface area contributed by atoms with Crippen molar-refractivity contribution in [3.63, 3.8) is 0 Å². The van der Waals surface area contributed by atoms with Gasteiger partial charge in [-0.3, -0.25) is 0 Å². The Morgan fingerprint density at radius 2 is 2.14 bits per heavy atom. The zero-order chi connectivity index (χ0) is 5.86. The van der Waals surface area contributed by atoms with Crippen LogP contribution in [0.15, 0.2) is 12.7 Å². The van der Waals surface area contributed by atoms with Crippen molar-refractivity contribution >= 4 is 7.68 Å². The lowest BCUT2D eigenvalue weighted by molar-refractivity contribution is 0.290. The third-order valence-electron chi connectivity index (χ3n) is 0.427. The standard InChI is InChI=1S/C3H5O3P/c1-2-3(4)7(5)6/h2-4H,1H2. The molecule has 0 amide bonds. The lowest BCUT2D eigenvalue weighted by Gasteiger charge is -1.83. The van der Waals surface area contributed by atoms with Gasteiger partial charge in [0.05, 0.1) is 0 Å². The van der Waals surface area contributed by atoms with Gasteiger partial charge in [0.25, 0.3) is 0 Å². The third-order valence-corrected chi connectivity index (χ3v) is 1.07. The molecule has 4 heteroatoms. The van der Waals surface area contributed by atoms with Gasteiger partial charge in [0.15, 0.2) is 5.85 Å². The normalized spacial score (nSPS) is 12.7. The second-order valence-corrected chi connectivity index (χ2v) is 2.03. The lowest BCUT2D eigenvalue weighted by Crippen LogP contribution is -1.87. The number of aliphatic hydroxyl groups excluding tert-OH is 1. The topological polar surface area (TPSA) is 54.4 Å². The van der Waals surface area contributed by atoms with Crippen molar-refractivity contribution < 1.29 is 14.2 Å². The summed E-state index contributed by atoms with van der Waals surface area (Å²) in [7, 11) is -2.72. The first-order chi connectivity index (χ1) is 3.18. The zero-order valence-electron chi connectivity index (χ0n) is 3.57. The van der Waals surface area contributed by atoms with Crippen LogP contribution >= 0.6 is 7.68 Å². The van der Waals surface area contributed by atoms with E-state index in [-0.39, 0.29) is 0 Å². The van der Waals surface area contributed by atoms with E-state index in [9.17, 15) is 9.13 Å². The van der Waals surface area contributed by atoms with Gasteiger partial charge in [0, 0.05) is 0 Å². The van der Waals surface area contributed by atoms with Crippen LogP contribution in [0, 0.1) is 0 Å². The van der Waals surface area contributed by atoms with Crippen molar-refractivity contribution in [3.8, 4) is 0 Å². The molecule has 0 spiro atoms. The molecule has 40 valence electrons. The highest BCUT2D eigenvalue weighted by Gasteiger charge is 2.00. The van der Waals surface area contributed by atoms with Gasteiger partial charge in [-0.1, -0.05) is 6.58 Å². The number of aliphatic hydroxyl groups is 1. The van der Waals surface area contributed by atoms with Crippen LogP contribution in [-0.2, 0) is 9.13 Å². The molecule has 0 aliphatic heterocycles. The van der Waals surface area contributed by atoms with Gasteiger partial charge in [-0.05, 0) is 6.08 Å². The predicted molar refractivity (Wildman–Crippen MR) is 24.5 cm³/mol. The molecule has 7 heavy (non-hydrogen) atoms. The molecule has 0 fully saturated rings. The second kappa shape index (κ2) is 2.72. The minimum Gasteiger partial charge on any atom is -0.374 e. The first kappa shape index (κ1) is 6.60. The Hall–Kier alpha value is -0.400. The highest BCUT2D eigenvalue weighted by atomic mass is 31.1. The molecule has 3 nitrogen and oxygen atoms in total. The monoisotopic (exact) mass is 120 g/mol. The van der Waals surface area contributed by atoms with Crippen LogP contribution in [0.4, 0.5) is 0 Å². The van der Waals surface area contributed by atoms with Crippen LogP contribution in [0.1, 0.15) is 0 Å². The van der Waals surface area contributed by atoms with Crippen LogP contribution in [0.2, 0.25) is 0 Å². The van der Waals surface area contributed by atoms with E-state index in [2.05, 4.69) is 6.58 Å². The Kier molecular flexibility index (Phi) is 2.56. The first-order valence-corrected chi connectivity index (χ1v) is 2.87. The van der Waals surface area contributed by atoms with Gasteiger partial charge >= 0.3 is 7.68 Å². The average Bonchev–Trinajstić information content (AvgIpc) is 1.65. The molecule has 0 aliphatic rings. The van der Waals surface area contributed by atoms with Crippen molar-refractivity contribution in [1.29, 1.82) is 0 Å². The Labute approximate surface area is 41.5 Å². The van der Waals surface area contributed by atoms with E-state index in [1.54, 1.807) is 0 Å². The van der Waals surface area contributed by atoms with Crippen molar-refractivity contribution in [2.24, 2.45) is 0 Å². The van der Waals surface area contributed by atoms with Gasteiger partial charge < -0.3 is 5.11 Å². The molecule has 0 aromatic rings. The fraction of sp³-hybridized carbons (Fsp3) is 0.333. The maximum Gasteiger partial charge on any atom is 0.348 e. The van der Waals surface area contributed by atoms with Gasteiger partial charge in [-0.15, -0.1) is 0 Å². The van der Waals surface area contributed by atoms with Gasteiger partial charge in [-0.25, -0.2) is 9.13 Å². The highest BCUT2D eigenvalue weighted by Crippen LogP contribution is 2.10. The summed E-state index contributed by atoms with van der Waals surface area (Å²) in [5.41, 5.74) is 0. The minimum atomic E-state index is -2.72. The molecule has 0 bridgehead atoms. The summed E-state index contributed by atoms with van der Waals surface area (Å²) in [6, 6.07) is 0. The maximum absolute atomic E-state index is 9.65. The van der Waals surface area contributed by atoms with E-state index in [1.165, 1.54) is 0 Å². The number of rotatable bonds is 2. The smallest absolute Gasteiger partial charge is 0.348 e. The van der Waals surface area contributed by atoms with E-state index in [4.69, 9.17) is 5.11 Å². The van der Waals surface area contributed by atoms with Crippen LogP contribution in [0.25, 0.3) is 0 Å². The van der Waals surface area contributed by atoms with Crippen LogP contribution < -0.4 is 0 Å². The highest BCUT2D eigenvalue weighted by molar-refractivity contribution is 7.31. The van der Waals surface area contributed by atoms with Crippen LogP contribution in [-0.4, -0.2) is 11.0 Å². The molecule has 1 atom stereocenters. The summed E-state index contributed by atoms with van der Waals surface area (Å²) in [5.74, 6) is -1.38. The quantitative estimate of drug-likeness (QED) is 0.430. The maximum atomic E-state index is 9.65. The predicted octanol–water partition coefficient (Wildman–Crippen LogP) is 0.664. The SMILES string of the molecule is C=CC(O)P(=O)=O. The molecule has 0 aliphatic carbocycles. The second-order valence-electron chi connectivity index (χ2n) is 0.935. The molecular formula is C3H5O3P. The van der Waals surface area contributed by atoms with E-state index >= 15 is 0 Å². The molecule has 1 N–H and O–H groups in total. The average molecular weight is 120 g/mol. The summed E-state index contributed by atoms with van der Waals surface area (Å²) in [6.45, 7) is 3.05. The molecular weight excluding hydrogens is 115 g/mol. The van der Waals surface area contributed by atoms with E-state index < -0.39 is 13.5 Å². The molecule has 0 aromatic carbocycles. The molecule has 0 rings (SSSR count). The van der Waals surface area contributed by atoms with E-state index in [0.717, 1.165) is 6.08 Å². The lowest BCUT2D eigenvalue weighted by atomic mass is 10.7. The van der Waals surface area contributed by atoms with E-state index in [1.807, 2.05) is 0 Å². The Balaban J connectivity index is 3.80. The minimum absolute atomic E-state index is 0.950. The summed E-state index contributed by atoms with van der Waals surface area (Å²) in [5, 5.41) is 8.22. The van der Waals surface area contributed by atoms with Crippen molar-refractivity contribution in [2.45, 2.75) is 5.85 Å². The fourth-order valence-electron chi connectivity index (χ4n) is 0.0861. The van der Waals surface area contributed by atoms with Crippen LogP contribution in [0.5, 0.6) is 0 Å². The van der Waals surface area contributed by atoms with Gasteiger partial charge in [0.2, 0.25) is 0 Å². The summed E-state index contributed by atoms with van der Waals surface area (Å²) in [4.78, 5) is 0. The first-order valence-electron chi connectivity index (χ1n) is 1.62. The van der Waals surface area contributed by atoms with E-state index in [0.29, 0.717) is 0 Å². The summed E-state index contributed by atoms with van der Waals surface area (Å²) < 4.78 is 19.3. The van der Waals surface area contributed by atoms with Gasteiger partial charge in [0.1, 0.15) is 0 Å². The Morgan fingerprint density at radius 3 is 2.14 bits per heavy atom. The molecule has 1 unspecified atom stereocenters. The van der Waals surface area contributed by atoms with Crippen molar-refractivity contribution in [2.75, 3.05) is 0 Å². The summed E-state index contributed by atoms with van der Waals surface area (Å²) in [6.07, 6.45) is 0.950. The molecule has 0 saturated carbocycles. The fourth-order valence-corrected chi connectivity index (χ4v) is 0.258. The molecule has 0 radical (unpaired) electrons. The van der Waals surface area contributed by atoms with Crippen molar-refractivity contribution in [3.05, 3.63) is 12.7 Å². The Morgan fingerprint density at radius 1 is 1.71 bits per heavy atom. The summed E-state index contributed by atoms with van der Waals surface area (Å²) >= 11 is 0. The Bertz CT molecular complexity index is 118. The zero-order valence-corrected chi connectivity index (χ0v) is 4.47.